The molecule has 27 nitrogen and oxygen atoms in total. The Kier molecular flexibility index (Phi) is 34.8. The molecule has 19 N–H and O–H groups in total. The molecule has 0 saturated carbocycles. The lowest BCUT2D eigenvalue weighted by molar-refractivity contribution is -0.193. The Morgan fingerprint density at radius 2 is 0.964 bits per heavy atom. The molecule has 0 fully saturated rings. The Hall–Kier alpha value is -8.31. The number of nitrogens with two attached hydrogens (primary N) is 5. The van der Waals surface area contributed by atoms with Crippen molar-refractivity contribution in [3.63, 3.8) is 0 Å². The summed E-state index contributed by atoms with van der Waals surface area (Å²) in [5, 5.41) is 38.1. The van der Waals surface area contributed by atoms with Gasteiger partial charge in [-0.25, -0.2) is 19.2 Å². The average Bonchev–Trinajstić information content (AvgIpc) is 3.57. The standard InChI is InChI=1S/C41H66N12O9.3C2HF3O2/c1-23(2)20-32(40(61)51-30(12-9-19-47-41(45)46)36(57)49-26-13-14-27-24(3)21-35(56)62-33(27)22-26)53-38(59)29(11-6-8-18-43)50-39(60)31(15-16-34(44)55)52-37(58)28(48-25(4)54)10-5-7-17-42;3*3-2(4,5)1(6)7/h13-14,21-23,28-32H,5-12,15-20,42-43H2,1-4H3,(H2,44,55)(H,48,54)(H,49,57)(H,50,60)(H,51,61)(H,52,58)(H,53,59)(H4,45,46,47);3*(H,6,7)/t28-,29-,30-,31-,32-;;;/m0.../s1. The molecule has 0 saturated heterocycles. The van der Waals surface area contributed by atoms with Crippen LogP contribution in [-0.2, 0) is 47.9 Å². The highest BCUT2D eigenvalue weighted by molar-refractivity contribution is 6.00. The number of aliphatic carboxylic acids is 3. The number of amides is 7. The number of hydrogen-bond donors (Lipinski definition) is 14. The predicted molar refractivity (Wildman–Crippen MR) is 276 cm³/mol. The Labute approximate surface area is 466 Å². The maximum Gasteiger partial charge on any atom is 0.490 e. The highest BCUT2D eigenvalue weighted by atomic mass is 19.4. The SMILES string of the molecule is CC(=O)N[C@@H](CCCCN)C(=O)N[C@@H](CCC(N)=O)C(=O)N[C@@H](CCCCN)C(=O)N[C@@H](CC(C)C)C(=O)N[C@@H](CCCN=C(N)N)C(=O)Nc1ccc2c(C)cc(=O)oc2c1.O=C(O)C(F)(F)F.O=C(O)C(F)(F)F.O=C(O)C(F)(F)F. The summed E-state index contributed by atoms with van der Waals surface area (Å²) in [5.74, 6) is -13.3. The third-order valence-corrected chi connectivity index (χ3v) is 10.4. The Morgan fingerprint density at radius 3 is 1.35 bits per heavy atom. The maximum absolute atomic E-state index is 14.0. The molecular formula is C47H69F9N12O15. The molecule has 5 atom stereocenters. The van der Waals surface area contributed by atoms with E-state index in [4.69, 9.17) is 62.8 Å². The van der Waals surface area contributed by atoms with Gasteiger partial charge in [-0.1, -0.05) is 13.8 Å². The molecule has 1 aromatic heterocycles. The quantitative estimate of drug-likeness (QED) is 0.0186. The van der Waals surface area contributed by atoms with Gasteiger partial charge in [0.2, 0.25) is 41.4 Å². The summed E-state index contributed by atoms with van der Waals surface area (Å²) in [5.41, 5.74) is 28.3. The fourth-order valence-corrected chi connectivity index (χ4v) is 6.52. The lowest BCUT2D eigenvalue weighted by atomic mass is 10.0. The van der Waals surface area contributed by atoms with E-state index in [1.807, 2.05) is 13.8 Å². The van der Waals surface area contributed by atoms with Gasteiger partial charge in [-0.3, -0.25) is 38.6 Å². The normalized spacial score (nSPS) is 12.9. The number of carboxylic acid groups (broad SMARTS) is 3. The van der Waals surface area contributed by atoms with Crippen molar-refractivity contribution in [3.05, 3.63) is 40.2 Å². The van der Waals surface area contributed by atoms with E-state index in [1.165, 1.54) is 19.1 Å². The van der Waals surface area contributed by atoms with E-state index in [1.54, 1.807) is 19.1 Å². The van der Waals surface area contributed by atoms with Crippen LogP contribution in [0.15, 0.2) is 38.5 Å². The lowest BCUT2D eigenvalue weighted by Gasteiger charge is -2.28. The molecule has 0 aliphatic rings. The van der Waals surface area contributed by atoms with Crippen LogP contribution < -0.4 is 66.2 Å². The van der Waals surface area contributed by atoms with Crippen molar-refractivity contribution in [2.75, 3.05) is 25.0 Å². The van der Waals surface area contributed by atoms with Gasteiger partial charge in [0.25, 0.3) is 0 Å². The molecule has 2 rings (SSSR count). The van der Waals surface area contributed by atoms with Gasteiger partial charge in [0.15, 0.2) is 5.96 Å². The summed E-state index contributed by atoms with van der Waals surface area (Å²) >= 11 is 0. The number of alkyl halides is 9. The van der Waals surface area contributed by atoms with E-state index in [0.29, 0.717) is 55.4 Å². The molecule has 0 radical (unpaired) electrons. The van der Waals surface area contributed by atoms with E-state index >= 15 is 0 Å². The fourth-order valence-electron chi connectivity index (χ4n) is 6.52. The number of unbranched alkanes of at least 4 members (excludes halogenated alkanes) is 2. The van der Waals surface area contributed by atoms with Crippen LogP contribution in [0.2, 0.25) is 0 Å². The first-order valence-corrected chi connectivity index (χ1v) is 24.7. The molecule has 2 aromatic rings. The van der Waals surface area contributed by atoms with E-state index in [2.05, 4.69) is 36.9 Å². The van der Waals surface area contributed by atoms with E-state index in [-0.39, 0.29) is 69.0 Å². The van der Waals surface area contributed by atoms with Gasteiger partial charge in [-0.2, -0.15) is 39.5 Å². The lowest BCUT2D eigenvalue weighted by Crippen LogP contribution is -2.59. The minimum absolute atomic E-state index is 0.0878. The number of carbonyl (C=O) groups is 10. The highest BCUT2D eigenvalue weighted by Crippen LogP contribution is 2.22. The summed E-state index contributed by atoms with van der Waals surface area (Å²) < 4.78 is 101. The van der Waals surface area contributed by atoms with E-state index in [9.17, 15) is 77.9 Å². The zero-order chi connectivity index (χ0) is 64.6. The smallest absolute Gasteiger partial charge is 0.475 e. The van der Waals surface area contributed by atoms with E-state index in [0.717, 1.165) is 0 Å². The van der Waals surface area contributed by atoms with Crippen molar-refractivity contribution in [2.45, 2.75) is 147 Å². The number of carboxylic acids is 3. The summed E-state index contributed by atoms with van der Waals surface area (Å²) in [6.07, 6.45) is -12.9. The average molecular weight is 1210 g/mol. The van der Waals surface area contributed by atoms with Crippen LogP contribution >= 0.6 is 0 Å². The second-order valence-corrected chi connectivity index (χ2v) is 18.0. The number of nitrogens with zero attached hydrogens (tertiary/aromatic N) is 1. The van der Waals surface area contributed by atoms with Crippen molar-refractivity contribution in [1.29, 1.82) is 0 Å². The Bertz CT molecular complexity index is 2520. The van der Waals surface area contributed by atoms with Crippen molar-refractivity contribution < 1.29 is 107 Å². The number of primary amides is 1. The van der Waals surface area contributed by atoms with Gasteiger partial charge in [-0.05, 0) is 108 Å². The first kappa shape index (κ1) is 76.8. The van der Waals surface area contributed by atoms with Crippen LogP contribution in [0.3, 0.4) is 0 Å². The van der Waals surface area contributed by atoms with Gasteiger partial charge >= 0.3 is 42.1 Å². The number of carbonyl (C=O) groups excluding carboxylic acids is 7. The number of anilines is 1. The molecule has 7 amide bonds. The summed E-state index contributed by atoms with van der Waals surface area (Å²) in [6.45, 7) is 7.50. The van der Waals surface area contributed by atoms with Crippen LogP contribution in [0.1, 0.15) is 97.0 Å². The molecule has 0 aliphatic carbocycles. The van der Waals surface area contributed by atoms with Gasteiger partial charge < -0.3 is 80.3 Å². The molecular weight excluding hydrogens is 1140 g/mol. The molecule has 470 valence electrons. The fraction of sp³-hybridized carbons (Fsp3) is 0.574. The van der Waals surface area contributed by atoms with Crippen LogP contribution in [0, 0.1) is 12.8 Å². The molecule has 1 heterocycles. The largest absolute Gasteiger partial charge is 0.490 e. The topological polar surface area (TPSA) is 476 Å². The molecule has 1 aromatic carbocycles. The summed E-state index contributed by atoms with van der Waals surface area (Å²) in [4.78, 5) is 135. The van der Waals surface area contributed by atoms with Gasteiger partial charge in [-0.15, -0.1) is 0 Å². The molecule has 0 aliphatic heterocycles. The van der Waals surface area contributed by atoms with Gasteiger partial charge in [0.05, 0.1) is 0 Å². The number of rotatable bonds is 28. The molecule has 36 heteroatoms. The second kappa shape index (κ2) is 37.7. The third-order valence-electron chi connectivity index (χ3n) is 10.4. The minimum atomic E-state index is -5.08. The number of aryl methyl sites for hydroxylation is 1. The Balaban J connectivity index is 0. The number of fused-ring (bicyclic) bond motifs is 1. The first-order valence-electron chi connectivity index (χ1n) is 24.7. The number of hydrogen-bond acceptors (Lipinski definition) is 15. The number of guanidine groups is 1. The van der Waals surface area contributed by atoms with Crippen LogP contribution in [0.25, 0.3) is 11.0 Å². The van der Waals surface area contributed by atoms with Gasteiger partial charge in [0.1, 0.15) is 35.8 Å². The summed E-state index contributed by atoms with van der Waals surface area (Å²) in [7, 11) is 0. The predicted octanol–water partition coefficient (Wildman–Crippen LogP) is 1.01. The van der Waals surface area contributed by atoms with Crippen LogP contribution in [0.5, 0.6) is 0 Å². The maximum atomic E-state index is 14.0. The number of benzene rings is 1. The zero-order valence-corrected chi connectivity index (χ0v) is 45.1. The molecule has 0 spiro atoms. The van der Waals surface area contributed by atoms with E-state index < -0.39 is 114 Å². The first-order chi connectivity index (χ1) is 38.2. The molecule has 0 unspecified atom stereocenters. The van der Waals surface area contributed by atoms with Crippen molar-refractivity contribution >= 4 is 81.9 Å². The Morgan fingerprint density at radius 1 is 0.578 bits per heavy atom. The molecule has 83 heavy (non-hydrogen) atoms. The van der Waals surface area contributed by atoms with Crippen LogP contribution in [0.4, 0.5) is 45.2 Å². The number of nitrogens with one attached hydrogen (secondary N) is 6. The van der Waals surface area contributed by atoms with Gasteiger partial charge in [0, 0.05) is 43.1 Å². The second-order valence-electron chi connectivity index (χ2n) is 18.0. The highest BCUT2D eigenvalue weighted by Gasteiger charge is 2.40. The van der Waals surface area contributed by atoms with Crippen molar-refractivity contribution in [2.24, 2.45) is 39.6 Å². The monoisotopic (exact) mass is 1210 g/mol. The zero-order valence-electron chi connectivity index (χ0n) is 45.1. The minimum Gasteiger partial charge on any atom is -0.475 e. The third kappa shape index (κ3) is 34.6. The summed E-state index contributed by atoms with van der Waals surface area (Å²) in [6, 6.07) is 0.280. The van der Waals surface area contributed by atoms with Crippen LogP contribution in [-0.4, -0.2) is 149 Å². The number of aliphatic imine (C=N–C) groups is 1. The van der Waals surface area contributed by atoms with Crippen molar-refractivity contribution in [1.82, 2.24) is 26.6 Å². The van der Waals surface area contributed by atoms with Crippen molar-refractivity contribution in [3.8, 4) is 0 Å². The number of halogens is 9. The molecule has 0 bridgehead atoms.